The molecule has 0 aliphatic rings. The van der Waals surface area contributed by atoms with Crippen LogP contribution in [-0.4, -0.2) is 32.7 Å². The number of rotatable bonds is 6. The van der Waals surface area contributed by atoms with Crippen molar-refractivity contribution in [3.8, 4) is 11.4 Å². The van der Waals surface area contributed by atoms with E-state index in [1.807, 2.05) is 44.2 Å². The Hall–Kier alpha value is -2.02. The average Bonchev–Trinajstić information content (AvgIpc) is 2.87. The maximum atomic E-state index is 11.6. The van der Waals surface area contributed by atoms with Crippen LogP contribution in [0.4, 0.5) is 0 Å². The van der Waals surface area contributed by atoms with Crippen LogP contribution in [0.2, 0.25) is 0 Å². The van der Waals surface area contributed by atoms with Gasteiger partial charge in [-0.05, 0) is 13.3 Å². The highest BCUT2D eigenvalue weighted by molar-refractivity contribution is 7.99. The number of thioether (sulfide) groups is 1. The van der Waals surface area contributed by atoms with Gasteiger partial charge < -0.3 is 10.6 Å². The zero-order valence-electron chi connectivity index (χ0n) is 12.0. The van der Waals surface area contributed by atoms with Crippen molar-refractivity contribution in [1.82, 2.24) is 14.9 Å². The summed E-state index contributed by atoms with van der Waals surface area (Å²) in [4.78, 5) is 11.6. The molecular weight excluding hydrogens is 288 g/mol. The number of carbonyl (C=O) groups excluding carboxylic acids is 1. The van der Waals surface area contributed by atoms with Gasteiger partial charge in [-0.15, -0.1) is 10.2 Å². The zero-order chi connectivity index (χ0) is 15.2. The highest BCUT2D eigenvalue weighted by Crippen LogP contribution is 2.21. The van der Waals surface area contributed by atoms with E-state index in [2.05, 4.69) is 10.2 Å². The molecule has 112 valence electrons. The van der Waals surface area contributed by atoms with Gasteiger partial charge in [-0.2, -0.15) is 0 Å². The summed E-state index contributed by atoms with van der Waals surface area (Å²) in [5, 5.41) is 8.54. The Kier molecular flexibility index (Phi) is 5.21. The molecule has 0 saturated carbocycles. The molecule has 2 N–H and O–H groups in total. The summed E-state index contributed by atoms with van der Waals surface area (Å²) in [6.07, 6.45) is 0.718. The zero-order valence-corrected chi connectivity index (χ0v) is 12.8. The van der Waals surface area contributed by atoms with Gasteiger partial charge in [-0.3, -0.25) is 4.79 Å². The second-order valence-electron chi connectivity index (χ2n) is 4.54. The highest BCUT2D eigenvalue weighted by atomic mass is 32.2. The fourth-order valence-corrected chi connectivity index (χ4v) is 2.26. The van der Waals surface area contributed by atoms with Gasteiger partial charge >= 0.3 is 5.97 Å². The second kappa shape index (κ2) is 7.12. The molecule has 21 heavy (non-hydrogen) atoms. The van der Waals surface area contributed by atoms with Crippen molar-refractivity contribution >= 4 is 17.7 Å². The van der Waals surface area contributed by atoms with E-state index in [-0.39, 0.29) is 17.8 Å². The molecule has 0 aliphatic carbocycles. The Morgan fingerprint density at radius 1 is 1.38 bits per heavy atom. The number of hydrogen-bond donors (Lipinski definition) is 1. The Morgan fingerprint density at radius 2 is 2.10 bits per heavy atom. The quantitative estimate of drug-likeness (QED) is 0.500. The van der Waals surface area contributed by atoms with Crippen LogP contribution in [-0.2, 0) is 9.53 Å². The van der Waals surface area contributed by atoms with Crippen molar-refractivity contribution in [2.24, 2.45) is 0 Å². The average molecular weight is 306 g/mol. The number of benzene rings is 1. The molecular formula is C14H18N4O2S. The Labute approximate surface area is 127 Å². The molecule has 1 aromatic heterocycles. The number of ether oxygens (including phenoxy) is 1. The first kappa shape index (κ1) is 15.4. The van der Waals surface area contributed by atoms with Crippen LogP contribution in [0.3, 0.4) is 0 Å². The van der Waals surface area contributed by atoms with Crippen LogP contribution < -0.4 is 5.84 Å². The number of hydrogen-bond acceptors (Lipinski definition) is 6. The van der Waals surface area contributed by atoms with Gasteiger partial charge in [0, 0.05) is 5.56 Å². The van der Waals surface area contributed by atoms with Gasteiger partial charge in [-0.25, -0.2) is 4.68 Å². The van der Waals surface area contributed by atoms with Crippen molar-refractivity contribution in [2.75, 3.05) is 11.6 Å². The SMILES string of the molecule is CC[C@H](C)OC(=O)CSc1nnc(-c2ccccc2)n1N. The normalized spacial score (nSPS) is 12.1. The van der Waals surface area contributed by atoms with Gasteiger partial charge in [0.1, 0.15) is 0 Å². The molecule has 0 aliphatic heterocycles. The molecule has 0 fully saturated rings. The lowest BCUT2D eigenvalue weighted by Crippen LogP contribution is -2.17. The minimum absolute atomic E-state index is 0.0753. The standard InChI is InChI=1S/C14H18N4O2S/c1-3-10(2)20-12(19)9-21-14-17-16-13(18(14)15)11-7-5-4-6-8-11/h4-8,10H,3,9,15H2,1-2H3/t10-/m0/s1. The molecule has 2 rings (SSSR count). The van der Waals surface area contributed by atoms with Gasteiger partial charge in [0.15, 0.2) is 5.82 Å². The van der Waals surface area contributed by atoms with E-state index in [4.69, 9.17) is 10.6 Å². The highest BCUT2D eigenvalue weighted by Gasteiger charge is 2.14. The van der Waals surface area contributed by atoms with Gasteiger partial charge in [0.05, 0.1) is 11.9 Å². The van der Waals surface area contributed by atoms with Crippen molar-refractivity contribution in [2.45, 2.75) is 31.5 Å². The first-order chi connectivity index (χ1) is 10.1. The molecule has 2 aromatic rings. The molecule has 1 aromatic carbocycles. The summed E-state index contributed by atoms with van der Waals surface area (Å²) in [5.41, 5.74) is 0.876. The van der Waals surface area contributed by atoms with E-state index in [0.717, 1.165) is 12.0 Å². The maximum absolute atomic E-state index is 11.6. The lowest BCUT2D eigenvalue weighted by atomic mass is 10.2. The third-order valence-electron chi connectivity index (χ3n) is 2.92. The van der Waals surface area contributed by atoms with Gasteiger partial charge in [-0.1, -0.05) is 49.0 Å². The number of aromatic nitrogens is 3. The predicted molar refractivity (Wildman–Crippen MR) is 82.2 cm³/mol. The second-order valence-corrected chi connectivity index (χ2v) is 5.48. The molecule has 0 unspecified atom stereocenters. The molecule has 0 radical (unpaired) electrons. The molecule has 0 amide bonds. The fraction of sp³-hybridized carbons (Fsp3) is 0.357. The van der Waals surface area contributed by atoms with Crippen LogP contribution in [0.25, 0.3) is 11.4 Å². The monoisotopic (exact) mass is 306 g/mol. The third kappa shape index (κ3) is 3.98. The summed E-state index contributed by atoms with van der Waals surface area (Å²) in [6, 6.07) is 9.53. The topological polar surface area (TPSA) is 83.0 Å². The Balaban J connectivity index is 2.00. The van der Waals surface area contributed by atoms with Crippen LogP contribution in [0.1, 0.15) is 20.3 Å². The number of nitrogens with zero attached hydrogens (tertiary/aromatic N) is 3. The number of nitrogens with two attached hydrogens (primary N) is 1. The lowest BCUT2D eigenvalue weighted by molar-refractivity contribution is -0.144. The minimum Gasteiger partial charge on any atom is -0.462 e. The number of carbonyl (C=O) groups is 1. The largest absolute Gasteiger partial charge is 0.462 e. The van der Waals surface area contributed by atoms with Crippen molar-refractivity contribution in [3.05, 3.63) is 30.3 Å². The molecule has 6 nitrogen and oxygen atoms in total. The Morgan fingerprint density at radius 3 is 2.76 bits per heavy atom. The predicted octanol–water partition coefficient (Wildman–Crippen LogP) is 2.09. The van der Waals surface area contributed by atoms with Crippen LogP contribution in [0, 0.1) is 0 Å². The van der Waals surface area contributed by atoms with Crippen LogP contribution in [0.5, 0.6) is 0 Å². The molecule has 7 heteroatoms. The Bertz CT molecular complexity index is 600. The fourth-order valence-electron chi connectivity index (χ4n) is 1.62. The van der Waals surface area contributed by atoms with E-state index < -0.39 is 0 Å². The smallest absolute Gasteiger partial charge is 0.316 e. The molecule has 1 heterocycles. The summed E-state index contributed by atoms with van der Waals surface area (Å²) in [6.45, 7) is 3.83. The summed E-state index contributed by atoms with van der Waals surface area (Å²) < 4.78 is 6.58. The van der Waals surface area contributed by atoms with Gasteiger partial charge in [0.2, 0.25) is 5.16 Å². The van der Waals surface area contributed by atoms with E-state index in [1.54, 1.807) is 0 Å². The summed E-state index contributed by atoms with van der Waals surface area (Å²) in [7, 11) is 0. The molecule has 1 atom stereocenters. The van der Waals surface area contributed by atoms with Crippen LogP contribution >= 0.6 is 11.8 Å². The minimum atomic E-state index is -0.279. The van der Waals surface area contributed by atoms with Crippen molar-refractivity contribution in [1.29, 1.82) is 0 Å². The molecule has 0 spiro atoms. The van der Waals surface area contributed by atoms with Crippen LogP contribution in [0.15, 0.2) is 35.5 Å². The summed E-state index contributed by atoms with van der Waals surface area (Å²) in [5.74, 6) is 6.41. The molecule has 0 bridgehead atoms. The maximum Gasteiger partial charge on any atom is 0.316 e. The summed E-state index contributed by atoms with van der Waals surface area (Å²) >= 11 is 1.21. The number of nitrogen functional groups attached to an aromatic ring is 1. The van der Waals surface area contributed by atoms with Crippen molar-refractivity contribution in [3.63, 3.8) is 0 Å². The van der Waals surface area contributed by atoms with E-state index >= 15 is 0 Å². The van der Waals surface area contributed by atoms with Gasteiger partial charge in [0.25, 0.3) is 0 Å². The third-order valence-corrected chi connectivity index (χ3v) is 3.84. The first-order valence-corrected chi connectivity index (χ1v) is 7.68. The van der Waals surface area contributed by atoms with E-state index in [9.17, 15) is 4.79 Å². The van der Waals surface area contributed by atoms with E-state index in [1.165, 1.54) is 16.4 Å². The van der Waals surface area contributed by atoms with E-state index in [0.29, 0.717) is 11.0 Å². The number of esters is 1. The van der Waals surface area contributed by atoms with Crippen molar-refractivity contribution < 1.29 is 9.53 Å². The molecule has 0 saturated heterocycles. The first-order valence-electron chi connectivity index (χ1n) is 6.70. The lowest BCUT2D eigenvalue weighted by Gasteiger charge is -2.10.